The van der Waals surface area contributed by atoms with Gasteiger partial charge in [-0.05, 0) is 48.3 Å². The Morgan fingerprint density at radius 3 is 2.30 bits per heavy atom. The highest BCUT2D eigenvalue weighted by Gasteiger charge is 2.70. The smallest absolute Gasteiger partial charge is 0.139 e. The number of halogens is 2. The molecular formula is C16H18F2O2. The molecule has 3 aliphatic carbocycles. The van der Waals surface area contributed by atoms with Gasteiger partial charge in [0, 0.05) is 24.5 Å². The maximum Gasteiger partial charge on any atom is 0.139 e. The number of carbonyl (C=O) groups excluding carboxylic acids is 1. The van der Waals surface area contributed by atoms with Crippen LogP contribution in [0.5, 0.6) is 0 Å². The Balaban J connectivity index is 1.65. The molecule has 3 aliphatic rings. The fraction of sp³-hybridized carbons (Fsp3) is 0.562. The van der Waals surface area contributed by atoms with Crippen molar-refractivity contribution in [2.45, 2.75) is 38.5 Å². The van der Waals surface area contributed by atoms with Crippen molar-refractivity contribution in [2.75, 3.05) is 6.61 Å². The van der Waals surface area contributed by atoms with E-state index in [1.165, 1.54) is 12.1 Å². The normalized spacial score (nSPS) is 32.2. The van der Waals surface area contributed by atoms with Crippen LogP contribution in [0, 0.1) is 22.5 Å². The first-order chi connectivity index (χ1) is 9.38. The Bertz CT molecular complexity index is 528. The highest BCUT2D eigenvalue weighted by atomic mass is 19.1. The Hall–Kier alpha value is -1.29. The van der Waals surface area contributed by atoms with E-state index in [1.54, 1.807) is 0 Å². The predicted octanol–water partition coefficient (Wildman–Crippen LogP) is 3.19. The molecule has 0 aromatic heterocycles. The van der Waals surface area contributed by atoms with Crippen LogP contribution in [-0.2, 0) is 4.79 Å². The highest BCUT2D eigenvalue weighted by Crippen LogP contribution is 2.73. The van der Waals surface area contributed by atoms with Gasteiger partial charge in [-0.25, -0.2) is 8.78 Å². The molecule has 0 unspecified atom stereocenters. The lowest BCUT2D eigenvalue weighted by Gasteiger charge is -2.69. The second-order valence-corrected chi connectivity index (χ2v) is 6.70. The molecule has 4 heteroatoms. The minimum Gasteiger partial charge on any atom is -0.396 e. The number of benzene rings is 1. The molecule has 1 atom stereocenters. The summed E-state index contributed by atoms with van der Waals surface area (Å²) in [5, 5.41) is 9.21. The van der Waals surface area contributed by atoms with Crippen molar-refractivity contribution in [3.8, 4) is 0 Å². The zero-order valence-electron chi connectivity index (χ0n) is 11.5. The second kappa shape index (κ2) is 4.35. The number of hydrogen-bond donors (Lipinski definition) is 1. The zero-order chi connectivity index (χ0) is 14.5. The first-order valence-corrected chi connectivity index (χ1v) is 6.98. The quantitative estimate of drug-likeness (QED) is 0.899. The van der Waals surface area contributed by atoms with Gasteiger partial charge in [0.05, 0.1) is 0 Å². The van der Waals surface area contributed by atoms with E-state index in [1.807, 2.05) is 6.92 Å². The summed E-state index contributed by atoms with van der Waals surface area (Å²) in [6.45, 7) is 1.98. The average Bonchev–Trinajstić information content (AvgIpc) is 2.24. The lowest BCUT2D eigenvalue weighted by Crippen LogP contribution is -2.66. The Morgan fingerprint density at radius 2 is 1.80 bits per heavy atom. The second-order valence-electron chi connectivity index (χ2n) is 6.70. The van der Waals surface area contributed by atoms with Gasteiger partial charge >= 0.3 is 0 Å². The summed E-state index contributed by atoms with van der Waals surface area (Å²) in [4.78, 5) is 12.3. The predicted molar refractivity (Wildman–Crippen MR) is 70.2 cm³/mol. The van der Waals surface area contributed by atoms with Crippen molar-refractivity contribution in [2.24, 2.45) is 10.8 Å². The third kappa shape index (κ3) is 1.97. The lowest BCUT2D eigenvalue weighted by molar-refractivity contribution is -0.218. The number of ketones is 1. The largest absolute Gasteiger partial charge is 0.396 e. The van der Waals surface area contributed by atoms with Gasteiger partial charge in [0.2, 0.25) is 0 Å². The third-order valence-electron chi connectivity index (χ3n) is 5.01. The van der Waals surface area contributed by atoms with Gasteiger partial charge in [-0.15, -0.1) is 0 Å². The van der Waals surface area contributed by atoms with E-state index in [0.29, 0.717) is 12.0 Å². The summed E-state index contributed by atoms with van der Waals surface area (Å²) in [5.74, 6) is -1.23. The van der Waals surface area contributed by atoms with Crippen LogP contribution in [-0.4, -0.2) is 17.5 Å². The molecule has 3 saturated carbocycles. The van der Waals surface area contributed by atoms with E-state index in [2.05, 4.69) is 0 Å². The van der Waals surface area contributed by atoms with Crippen molar-refractivity contribution in [3.05, 3.63) is 35.4 Å². The molecule has 1 N–H and O–H groups in total. The molecule has 0 aliphatic heterocycles. The van der Waals surface area contributed by atoms with Crippen LogP contribution in [0.4, 0.5) is 8.78 Å². The number of Topliss-reactive ketones (excluding diaryl/α,β-unsaturated/α-hetero) is 1. The van der Waals surface area contributed by atoms with Crippen molar-refractivity contribution >= 4 is 5.78 Å². The molecule has 0 amide bonds. The molecule has 1 aromatic rings. The fourth-order valence-electron chi connectivity index (χ4n) is 3.93. The monoisotopic (exact) mass is 280 g/mol. The molecule has 0 saturated heterocycles. The molecule has 108 valence electrons. The minimum absolute atomic E-state index is 0.00383. The van der Waals surface area contributed by atoms with Crippen LogP contribution in [0.1, 0.15) is 44.1 Å². The van der Waals surface area contributed by atoms with E-state index in [-0.39, 0.29) is 29.1 Å². The molecule has 1 aromatic carbocycles. The Morgan fingerprint density at radius 1 is 1.25 bits per heavy atom. The summed E-state index contributed by atoms with van der Waals surface area (Å²) >= 11 is 0. The molecule has 2 nitrogen and oxygen atoms in total. The fourth-order valence-corrected chi connectivity index (χ4v) is 3.93. The topological polar surface area (TPSA) is 37.3 Å². The first-order valence-electron chi connectivity index (χ1n) is 6.98. The molecule has 20 heavy (non-hydrogen) atoms. The number of aliphatic hydroxyl groups excluding tert-OH is 1. The molecule has 0 spiro atoms. The van der Waals surface area contributed by atoms with Crippen LogP contribution in [0.2, 0.25) is 0 Å². The number of rotatable bonds is 5. The van der Waals surface area contributed by atoms with Crippen LogP contribution < -0.4 is 0 Å². The van der Waals surface area contributed by atoms with Gasteiger partial charge in [0.25, 0.3) is 0 Å². The molecular weight excluding hydrogens is 262 g/mol. The summed E-state index contributed by atoms with van der Waals surface area (Å²) < 4.78 is 26.4. The molecule has 0 heterocycles. The Labute approximate surface area is 116 Å². The van der Waals surface area contributed by atoms with Gasteiger partial charge in [0.1, 0.15) is 17.4 Å². The molecule has 4 rings (SSSR count). The lowest BCUT2D eigenvalue weighted by atomic mass is 9.34. The SMILES string of the molecule is C[C@H](CC(=O)C12CC(CO)(C1)C2)c1cc(F)cc(F)c1. The summed E-state index contributed by atoms with van der Waals surface area (Å²) in [6.07, 6.45) is 2.64. The molecule has 0 radical (unpaired) electrons. The van der Waals surface area contributed by atoms with Crippen LogP contribution in [0.15, 0.2) is 18.2 Å². The van der Waals surface area contributed by atoms with Gasteiger partial charge in [0.15, 0.2) is 0 Å². The maximum atomic E-state index is 13.2. The highest BCUT2D eigenvalue weighted by molar-refractivity contribution is 5.89. The first kappa shape index (κ1) is 13.7. The van der Waals surface area contributed by atoms with Gasteiger partial charge in [-0.1, -0.05) is 6.92 Å². The third-order valence-corrected chi connectivity index (χ3v) is 5.01. The van der Waals surface area contributed by atoms with E-state index < -0.39 is 11.6 Å². The van der Waals surface area contributed by atoms with Crippen LogP contribution in [0.25, 0.3) is 0 Å². The summed E-state index contributed by atoms with van der Waals surface area (Å²) in [6, 6.07) is 3.42. The van der Waals surface area contributed by atoms with Crippen LogP contribution in [0.3, 0.4) is 0 Å². The van der Waals surface area contributed by atoms with Gasteiger partial charge in [-0.3, -0.25) is 4.79 Å². The van der Waals surface area contributed by atoms with E-state index in [0.717, 1.165) is 25.3 Å². The standard InChI is InChI=1S/C16H18F2O2/c1-10(11-3-12(17)5-13(18)4-11)2-14(20)16-6-15(7-16,8-16)9-19/h3-5,10,19H,2,6-9H2,1H3/t10-,15?,16?/m1/s1. The van der Waals surface area contributed by atoms with E-state index in [9.17, 15) is 18.7 Å². The van der Waals surface area contributed by atoms with Crippen molar-refractivity contribution < 1.29 is 18.7 Å². The molecule has 3 fully saturated rings. The summed E-state index contributed by atoms with van der Waals surface area (Å²) in [7, 11) is 0. The van der Waals surface area contributed by atoms with Crippen molar-refractivity contribution in [3.63, 3.8) is 0 Å². The Kier molecular flexibility index (Phi) is 2.98. The summed E-state index contributed by atoms with van der Waals surface area (Å²) in [5.41, 5.74) is 0.284. The van der Waals surface area contributed by atoms with E-state index in [4.69, 9.17) is 0 Å². The number of hydrogen-bond acceptors (Lipinski definition) is 2. The van der Waals surface area contributed by atoms with Crippen molar-refractivity contribution in [1.29, 1.82) is 0 Å². The maximum absolute atomic E-state index is 13.2. The average molecular weight is 280 g/mol. The zero-order valence-corrected chi connectivity index (χ0v) is 11.5. The van der Waals surface area contributed by atoms with Crippen molar-refractivity contribution in [1.82, 2.24) is 0 Å². The number of carbonyl (C=O) groups is 1. The van der Waals surface area contributed by atoms with Gasteiger partial charge in [-0.2, -0.15) is 0 Å². The van der Waals surface area contributed by atoms with E-state index >= 15 is 0 Å². The van der Waals surface area contributed by atoms with Gasteiger partial charge < -0.3 is 5.11 Å². The van der Waals surface area contributed by atoms with Crippen LogP contribution >= 0.6 is 0 Å². The molecule has 2 bridgehead atoms. The number of aliphatic hydroxyl groups is 1. The minimum atomic E-state index is -0.607.